The van der Waals surface area contributed by atoms with Gasteiger partial charge in [0.1, 0.15) is 11.8 Å². The summed E-state index contributed by atoms with van der Waals surface area (Å²) in [6.45, 7) is 5.19. The van der Waals surface area contributed by atoms with Crippen LogP contribution in [0.1, 0.15) is 25.1 Å². The van der Waals surface area contributed by atoms with E-state index in [0.29, 0.717) is 5.69 Å². The highest BCUT2D eigenvalue weighted by atomic mass is 14.9. The van der Waals surface area contributed by atoms with E-state index in [1.807, 2.05) is 18.2 Å². The van der Waals surface area contributed by atoms with Crippen molar-refractivity contribution in [3.05, 3.63) is 59.9 Å². The number of hydrogen-bond donors (Lipinski definition) is 1. The summed E-state index contributed by atoms with van der Waals surface area (Å²) in [5, 5.41) is 12.2. The van der Waals surface area contributed by atoms with Crippen molar-refractivity contribution in [2.45, 2.75) is 19.3 Å². The standard InChI is InChI=1S/C16H17N3/c1-16(2,13-6-4-3-5-7-13)12-19-14-8-9-18-15(10-14)11-17/h3-10H,12H2,1-2H3,(H,18,19). The molecular formula is C16H17N3. The first-order chi connectivity index (χ1) is 9.12. The molecule has 1 N–H and O–H groups in total. The number of nitriles is 1. The Balaban J connectivity index is 2.07. The Bertz CT molecular complexity index is 582. The minimum absolute atomic E-state index is 0.0251. The molecule has 0 fully saturated rings. The Kier molecular flexibility index (Phi) is 3.82. The second-order valence-corrected chi connectivity index (χ2v) is 5.15. The number of hydrogen-bond acceptors (Lipinski definition) is 3. The van der Waals surface area contributed by atoms with Gasteiger partial charge in [-0.15, -0.1) is 0 Å². The number of aromatic nitrogens is 1. The van der Waals surface area contributed by atoms with Crippen LogP contribution in [0.5, 0.6) is 0 Å². The van der Waals surface area contributed by atoms with Crippen LogP contribution < -0.4 is 5.32 Å². The molecule has 0 unspecified atom stereocenters. The maximum Gasteiger partial charge on any atom is 0.142 e. The van der Waals surface area contributed by atoms with Crippen LogP contribution in [0.3, 0.4) is 0 Å². The van der Waals surface area contributed by atoms with Gasteiger partial charge in [0, 0.05) is 23.8 Å². The summed E-state index contributed by atoms with van der Waals surface area (Å²) in [4.78, 5) is 3.96. The minimum Gasteiger partial charge on any atom is -0.384 e. The van der Waals surface area contributed by atoms with Crippen LogP contribution in [0.2, 0.25) is 0 Å². The van der Waals surface area contributed by atoms with Crippen molar-refractivity contribution in [1.29, 1.82) is 5.26 Å². The number of nitrogens with one attached hydrogen (secondary N) is 1. The summed E-state index contributed by atoms with van der Waals surface area (Å²) in [6.07, 6.45) is 1.65. The monoisotopic (exact) mass is 251 g/mol. The van der Waals surface area contributed by atoms with Gasteiger partial charge in [-0.2, -0.15) is 5.26 Å². The average molecular weight is 251 g/mol. The maximum atomic E-state index is 8.83. The van der Waals surface area contributed by atoms with Gasteiger partial charge in [-0.3, -0.25) is 0 Å². The number of pyridine rings is 1. The summed E-state index contributed by atoms with van der Waals surface area (Å²) >= 11 is 0. The van der Waals surface area contributed by atoms with E-state index in [-0.39, 0.29) is 5.41 Å². The number of nitrogens with zero attached hydrogens (tertiary/aromatic N) is 2. The zero-order valence-electron chi connectivity index (χ0n) is 11.2. The van der Waals surface area contributed by atoms with Crippen molar-refractivity contribution in [1.82, 2.24) is 4.98 Å². The van der Waals surface area contributed by atoms with Gasteiger partial charge in [0.2, 0.25) is 0 Å². The van der Waals surface area contributed by atoms with Crippen molar-refractivity contribution < 1.29 is 0 Å². The van der Waals surface area contributed by atoms with E-state index in [1.54, 1.807) is 12.3 Å². The molecule has 3 heteroatoms. The van der Waals surface area contributed by atoms with Gasteiger partial charge in [0.25, 0.3) is 0 Å². The predicted octanol–water partition coefficient (Wildman–Crippen LogP) is 3.34. The van der Waals surface area contributed by atoms with E-state index in [4.69, 9.17) is 5.26 Å². The van der Waals surface area contributed by atoms with Crippen LogP contribution in [-0.2, 0) is 5.41 Å². The van der Waals surface area contributed by atoms with Gasteiger partial charge in [-0.25, -0.2) is 4.98 Å². The van der Waals surface area contributed by atoms with Gasteiger partial charge in [-0.1, -0.05) is 44.2 Å². The molecule has 0 bridgehead atoms. The average Bonchev–Trinajstić information content (AvgIpc) is 2.46. The van der Waals surface area contributed by atoms with E-state index in [9.17, 15) is 0 Å². The van der Waals surface area contributed by atoms with E-state index in [1.165, 1.54) is 5.56 Å². The summed E-state index contributed by atoms with van der Waals surface area (Å²) in [5.74, 6) is 0. The van der Waals surface area contributed by atoms with Crippen LogP contribution in [0, 0.1) is 11.3 Å². The first-order valence-electron chi connectivity index (χ1n) is 6.27. The highest BCUT2D eigenvalue weighted by Crippen LogP contribution is 2.23. The highest BCUT2D eigenvalue weighted by Gasteiger charge is 2.19. The van der Waals surface area contributed by atoms with Crippen molar-refractivity contribution in [2.75, 3.05) is 11.9 Å². The lowest BCUT2D eigenvalue weighted by atomic mass is 9.84. The number of benzene rings is 1. The van der Waals surface area contributed by atoms with Gasteiger partial charge in [0.05, 0.1) is 0 Å². The van der Waals surface area contributed by atoms with Crippen LogP contribution >= 0.6 is 0 Å². The van der Waals surface area contributed by atoms with Gasteiger partial charge >= 0.3 is 0 Å². The molecule has 1 aromatic heterocycles. The Morgan fingerprint density at radius 1 is 1.21 bits per heavy atom. The Labute approximate surface area is 113 Å². The van der Waals surface area contributed by atoms with E-state index < -0.39 is 0 Å². The number of anilines is 1. The van der Waals surface area contributed by atoms with Crippen LogP contribution in [0.15, 0.2) is 48.7 Å². The van der Waals surface area contributed by atoms with E-state index in [0.717, 1.165) is 12.2 Å². The SMILES string of the molecule is CC(C)(CNc1ccnc(C#N)c1)c1ccccc1. The van der Waals surface area contributed by atoms with Crippen molar-refractivity contribution in [2.24, 2.45) is 0 Å². The zero-order valence-corrected chi connectivity index (χ0v) is 11.2. The molecule has 2 rings (SSSR count). The summed E-state index contributed by atoms with van der Waals surface area (Å²) < 4.78 is 0. The topological polar surface area (TPSA) is 48.7 Å². The molecule has 0 aliphatic carbocycles. The smallest absolute Gasteiger partial charge is 0.142 e. The molecule has 0 aliphatic rings. The molecule has 0 spiro atoms. The first kappa shape index (κ1) is 13.1. The van der Waals surface area contributed by atoms with E-state index >= 15 is 0 Å². The third-order valence-electron chi connectivity index (χ3n) is 3.16. The summed E-state index contributed by atoms with van der Waals surface area (Å²) in [6, 6.07) is 16.1. The highest BCUT2D eigenvalue weighted by molar-refractivity contribution is 5.46. The first-order valence-corrected chi connectivity index (χ1v) is 6.27. The van der Waals surface area contributed by atoms with Crippen molar-refractivity contribution in [3.8, 4) is 6.07 Å². The molecule has 0 atom stereocenters. The fourth-order valence-corrected chi connectivity index (χ4v) is 1.92. The molecular weight excluding hydrogens is 234 g/mol. The lowest BCUT2D eigenvalue weighted by Crippen LogP contribution is -2.27. The van der Waals surface area contributed by atoms with Crippen molar-refractivity contribution >= 4 is 5.69 Å². The van der Waals surface area contributed by atoms with Crippen molar-refractivity contribution in [3.63, 3.8) is 0 Å². The van der Waals surface area contributed by atoms with Gasteiger partial charge in [0.15, 0.2) is 0 Å². The maximum absolute atomic E-state index is 8.83. The Morgan fingerprint density at radius 3 is 2.63 bits per heavy atom. The lowest BCUT2D eigenvalue weighted by Gasteiger charge is -2.26. The van der Waals surface area contributed by atoms with Gasteiger partial charge in [-0.05, 0) is 17.7 Å². The molecule has 96 valence electrons. The molecule has 0 amide bonds. The third kappa shape index (κ3) is 3.32. The molecule has 19 heavy (non-hydrogen) atoms. The third-order valence-corrected chi connectivity index (χ3v) is 3.16. The van der Waals surface area contributed by atoms with Crippen LogP contribution in [0.4, 0.5) is 5.69 Å². The fourth-order valence-electron chi connectivity index (χ4n) is 1.92. The molecule has 1 aromatic carbocycles. The molecule has 2 aromatic rings. The Hall–Kier alpha value is -2.34. The summed E-state index contributed by atoms with van der Waals surface area (Å²) in [5.41, 5.74) is 2.67. The summed E-state index contributed by atoms with van der Waals surface area (Å²) in [7, 11) is 0. The molecule has 0 radical (unpaired) electrons. The van der Waals surface area contributed by atoms with Crippen LogP contribution in [-0.4, -0.2) is 11.5 Å². The molecule has 0 saturated carbocycles. The lowest BCUT2D eigenvalue weighted by molar-refractivity contribution is 0.557. The van der Waals surface area contributed by atoms with E-state index in [2.05, 4.69) is 48.4 Å². The second kappa shape index (κ2) is 5.53. The van der Waals surface area contributed by atoms with Gasteiger partial charge < -0.3 is 5.32 Å². The minimum atomic E-state index is 0.0251. The second-order valence-electron chi connectivity index (χ2n) is 5.15. The number of rotatable bonds is 4. The van der Waals surface area contributed by atoms with Crippen LogP contribution in [0.25, 0.3) is 0 Å². The molecule has 1 heterocycles. The normalized spacial score (nSPS) is 10.8. The fraction of sp³-hybridized carbons (Fsp3) is 0.250. The molecule has 0 saturated heterocycles. The predicted molar refractivity (Wildman–Crippen MR) is 76.9 cm³/mol. The molecule has 3 nitrogen and oxygen atoms in total. The quantitative estimate of drug-likeness (QED) is 0.906. The zero-order chi connectivity index (χ0) is 13.7. The molecule has 0 aliphatic heterocycles. The Morgan fingerprint density at radius 2 is 1.95 bits per heavy atom. The largest absolute Gasteiger partial charge is 0.384 e.